The van der Waals surface area contributed by atoms with Crippen molar-refractivity contribution in [1.82, 2.24) is 4.98 Å². The van der Waals surface area contributed by atoms with Crippen molar-refractivity contribution in [3.63, 3.8) is 0 Å². The molecule has 0 N–H and O–H groups in total. The summed E-state index contributed by atoms with van der Waals surface area (Å²) < 4.78 is 34.2. The van der Waals surface area contributed by atoms with Crippen LogP contribution in [0.2, 0.25) is 0 Å². The van der Waals surface area contributed by atoms with Crippen LogP contribution in [0.5, 0.6) is 5.88 Å². The molecule has 148 valence electrons. The zero-order valence-corrected chi connectivity index (χ0v) is 17.3. The Morgan fingerprint density at radius 3 is 2.37 bits per heavy atom. The van der Waals surface area contributed by atoms with Crippen molar-refractivity contribution in [2.75, 3.05) is 7.11 Å². The lowest BCUT2D eigenvalue weighted by Crippen LogP contribution is -2.17. The first kappa shape index (κ1) is 21.3. The summed E-state index contributed by atoms with van der Waals surface area (Å²) >= 11 is 0. The molecular formula is C23H31F2NO. The third-order valence-electron chi connectivity index (χ3n) is 5.56. The van der Waals surface area contributed by atoms with Crippen LogP contribution in [0.3, 0.4) is 0 Å². The molecule has 0 radical (unpaired) electrons. The summed E-state index contributed by atoms with van der Waals surface area (Å²) in [4.78, 5) is 3.90. The van der Waals surface area contributed by atoms with Crippen molar-refractivity contribution in [2.24, 2.45) is 5.41 Å². The predicted octanol–water partition coefficient (Wildman–Crippen LogP) is 6.92. The quantitative estimate of drug-likeness (QED) is 0.579. The van der Waals surface area contributed by atoms with Gasteiger partial charge in [-0.1, -0.05) is 47.1 Å². The Hall–Kier alpha value is -1.97. The second kappa shape index (κ2) is 8.81. The number of halogens is 2. The van der Waals surface area contributed by atoms with Gasteiger partial charge >= 0.3 is 0 Å². The Bertz CT molecular complexity index is 786. The Morgan fingerprint density at radius 1 is 1.11 bits per heavy atom. The van der Waals surface area contributed by atoms with E-state index in [1.165, 1.54) is 13.2 Å². The molecular weight excluding hydrogens is 344 g/mol. The molecule has 0 spiro atoms. The van der Waals surface area contributed by atoms with Gasteiger partial charge < -0.3 is 4.74 Å². The summed E-state index contributed by atoms with van der Waals surface area (Å²) in [6.07, 6.45) is 5.06. The maximum absolute atomic E-state index is 14.5. The standard InChI is InChI=1S/C21H25F2NO.C2H6/c1-5-13-9-15(17-7-6-8-21(17,2)3)14(10-18(13)22)16-11-20(25-4)24-12-19(16)23;1-2/h9-12,17H,5-8H2,1-4H3;1-2H3. The fraction of sp³-hybridized carbons (Fsp3) is 0.522. The highest BCUT2D eigenvalue weighted by Crippen LogP contribution is 2.51. The monoisotopic (exact) mass is 375 g/mol. The Morgan fingerprint density at radius 2 is 1.81 bits per heavy atom. The van der Waals surface area contributed by atoms with E-state index in [4.69, 9.17) is 4.74 Å². The van der Waals surface area contributed by atoms with E-state index < -0.39 is 5.82 Å². The minimum absolute atomic E-state index is 0.116. The lowest BCUT2D eigenvalue weighted by Gasteiger charge is -2.30. The average Bonchev–Trinajstić information content (AvgIpc) is 3.02. The number of benzene rings is 1. The van der Waals surface area contributed by atoms with Crippen molar-refractivity contribution in [3.8, 4) is 17.0 Å². The van der Waals surface area contributed by atoms with E-state index in [1.54, 1.807) is 6.07 Å². The predicted molar refractivity (Wildman–Crippen MR) is 107 cm³/mol. The van der Waals surface area contributed by atoms with Gasteiger partial charge in [-0.25, -0.2) is 13.8 Å². The van der Waals surface area contributed by atoms with Gasteiger partial charge in [0.15, 0.2) is 0 Å². The van der Waals surface area contributed by atoms with E-state index in [-0.39, 0.29) is 17.2 Å². The van der Waals surface area contributed by atoms with Crippen LogP contribution in [0.15, 0.2) is 24.4 Å². The van der Waals surface area contributed by atoms with Gasteiger partial charge in [-0.2, -0.15) is 0 Å². The van der Waals surface area contributed by atoms with Gasteiger partial charge in [-0.05, 0) is 53.4 Å². The van der Waals surface area contributed by atoms with Gasteiger partial charge in [-0.3, -0.25) is 0 Å². The fourth-order valence-corrected chi connectivity index (χ4v) is 4.07. The van der Waals surface area contributed by atoms with Crippen LogP contribution < -0.4 is 4.74 Å². The highest BCUT2D eigenvalue weighted by Gasteiger charge is 2.37. The number of aryl methyl sites for hydroxylation is 1. The molecule has 0 saturated heterocycles. The summed E-state index contributed by atoms with van der Waals surface area (Å²) in [6, 6.07) is 4.98. The second-order valence-electron chi connectivity index (χ2n) is 7.52. The number of nitrogens with zero attached hydrogens (tertiary/aromatic N) is 1. The lowest BCUT2D eigenvalue weighted by molar-refractivity contribution is 0.332. The molecule has 1 fully saturated rings. The van der Waals surface area contributed by atoms with Gasteiger partial charge in [0.25, 0.3) is 0 Å². The van der Waals surface area contributed by atoms with Gasteiger partial charge in [0.2, 0.25) is 5.88 Å². The molecule has 1 heterocycles. The van der Waals surface area contributed by atoms with Crippen molar-refractivity contribution in [2.45, 2.75) is 66.2 Å². The van der Waals surface area contributed by atoms with Gasteiger partial charge in [0, 0.05) is 11.6 Å². The van der Waals surface area contributed by atoms with Crippen molar-refractivity contribution in [3.05, 3.63) is 47.2 Å². The van der Waals surface area contributed by atoms with Gasteiger partial charge in [0.05, 0.1) is 13.3 Å². The fourth-order valence-electron chi connectivity index (χ4n) is 4.07. The average molecular weight is 376 g/mol. The Labute approximate surface area is 162 Å². The van der Waals surface area contributed by atoms with E-state index >= 15 is 0 Å². The highest BCUT2D eigenvalue weighted by molar-refractivity contribution is 5.70. The molecule has 1 saturated carbocycles. The second-order valence-corrected chi connectivity index (χ2v) is 7.52. The molecule has 4 heteroatoms. The van der Waals surface area contributed by atoms with Gasteiger partial charge in [0.1, 0.15) is 11.6 Å². The van der Waals surface area contributed by atoms with E-state index in [2.05, 4.69) is 18.8 Å². The smallest absolute Gasteiger partial charge is 0.213 e. The van der Waals surface area contributed by atoms with E-state index in [0.29, 0.717) is 29.0 Å². The highest BCUT2D eigenvalue weighted by atomic mass is 19.1. The summed E-state index contributed by atoms with van der Waals surface area (Å²) in [6.45, 7) is 10.4. The number of hydrogen-bond acceptors (Lipinski definition) is 2. The van der Waals surface area contributed by atoms with Crippen molar-refractivity contribution in [1.29, 1.82) is 0 Å². The third-order valence-corrected chi connectivity index (χ3v) is 5.56. The Kier molecular flexibility index (Phi) is 6.96. The molecule has 1 unspecified atom stereocenters. The summed E-state index contributed by atoms with van der Waals surface area (Å²) in [5.74, 6) is -0.131. The van der Waals surface area contributed by atoms with Crippen LogP contribution in [0.25, 0.3) is 11.1 Å². The van der Waals surface area contributed by atoms with Crippen molar-refractivity contribution >= 4 is 0 Å². The molecule has 0 amide bonds. The molecule has 0 bridgehead atoms. The topological polar surface area (TPSA) is 22.1 Å². The SMILES string of the molecule is CC.CCc1cc(C2CCCC2(C)C)c(-c2cc(OC)ncc2F)cc1F. The lowest BCUT2D eigenvalue weighted by atomic mass is 9.75. The molecule has 2 aromatic rings. The summed E-state index contributed by atoms with van der Waals surface area (Å²) in [5.41, 5.74) is 2.81. The van der Waals surface area contributed by atoms with Crippen molar-refractivity contribution < 1.29 is 13.5 Å². The normalized spacial score (nSPS) is 18.0. The van der Waals surface area contributed by atoms with E-state index in [1.807, 2.05) is 26.8 Å². The number of pyridine rings is 1. The molecule has 1 aliphatic rings. The molecule has 1 aliphatic carbocycles. The van der Waals surface area contributed by atoms with Crippen LogP contribution in [-0.4, -0.2) is 12.1 Å². The molecule has 3 rings (SSSR count). The van der Waals surface area contributed by atoms with E-state index in [0.717, 1.165) is 31.0 Å². The van der Waals surface area contributed by atoms with Crippen LogP contribution in [0.1, 0.15) is 70.9 Å². The molecule has 1 aromatic heterocycles. The number of rotatable bonds is 4. The molecule has 27 heavy (non-hydrogen) atoms. The van der Waals surface area contributed by atoms with E-state index in [9.17, 15) is 8.78 Å². The molecule has 1 atom stereocenters. The summed E-state index contributed by atoms with van der Waals surface area (Å²) in [5, 5.41) is 0. The molecule has 1 aromatic carbocycles. The maximum atomic E-state index is 14.5. The number of hydrogen-bond donors (Lipinski definition) is 0. The minimum Gasteiger partial charge on any atom is -0.481 e. The van der Waals surface area contributed by atoms with Gasteiger partial charge in [-0.15, -0.1) is 0 Å². The van der Waals surface area contributed by atoms with Crippen LogP contribution in [-0.2, 0) is 6.42 Å². The van der Waals surface area contributed by atoms with Crippen LogP contribution >= 0.6 is 0 Å². The zero-order valence-electron chi connectivity index (χ0n) is 17.3. The number of methoxy groups -OCH3 is 1. The number of aromatic nitrogens is 1. The van der Waals surface area contributed by atoms with Crippen LogP contribution in [0, 0.1) is 17.0 Å². The maximum Gasteiger partial charge on any atom is 0.213 e. The zero-order chi connectivity index (χ0) is 20.2. The Balaban J connectivity index is 0.00000126. The summed E-state index contributed by atoms with van der Waals surface area (Å²) in [7, 11) is 1.49. The van der Waals surface area contributed by atoms with Crippen LogP contribution in [0.4, 0.5) is 8.78 Å². The first-order valence-corrected chi connectivity index (χ1v) is 9.89. The largest absolute Gasteiger partial charge is 0.481 e. The first-order valence-electron chi connectivity index (χ1n) is 9.89. The third kappa shape index (κ3) is 4.31. The number of ether oxygens (including phenoxy) is 1. The minimum atomic E-state index is -0.457. The molecule has 0 aliphatic heterocycles. The molecule has 2 nitrogen and oxygen atoms in total. The first-order chi connectivity index (χ1) is 12.9.